The van der Waals surface area contributed by atoms with Crippen LogP contribution in [0, 0.1) is 0 Å². The molecule has 0 bridgehead atoms. The highest BCUT2D eigenvalue weighted by Crippen LogP contribution is 2.34. The minimum Gasteiger partial charge on any atom is -0.437 e. The maximum absolute atomic E-state index is 10.4. The highest BCUT2D eigenvalue weighted by molar-refractivity contribution is 6.31. The highest BCUT2D eigenvalue weighted by atomic mass is 35.5. The van der Waals surface area contributed by atoms with Crippen molar-refractivity contribution in [3.8, 4) is 5.75 Å². The van der Waals surface area contributed by atoms with Crippen molar-refractivity contribution in [2.45, 2.75) is 62.4 Å². The molecule has 0 spiro atoms. The fraction of sp³-hybridized carbons (Fsp3) is 0.478. The summed E-state index contributed by atoms with van der Waals surface area (Å²) >= 11 is 6.35. The van der Waals surface area contributed by atoms with Crippen LogP contribution in [0.3, 0.4) is 0 Å². The van der Waals surface area contributed by atoms with Crippen molar-refractivity contribution in [3.63, 3.8) is 0 Å². The summed E-state index contributed by atoms with van der Waals surface area (Å²) in [6, 6.07) is 11.4. The summed E-state index contributed by atoms with van der Waals surface area (Å²) in [6.07, 6.45) is -5.95. The van der Waals surface area contributed by atoms with E-state index < -0.39 is 48.7 Å². The Morgan fingerprint density at radius 1 is 0.939 bits per heavy atom. The molecule has 1 saturated heterocycles. The van der Waals surface area contributed by atoms with E-state index in [4.69, 9.17) is 21.1 Å². The summed E-state index contributed by atoms with van der Waals surface area (Å²) in [6.45, 7) is 1.88. The van der Waals surface area contributed by atoms with Crippen molar-refractivity contribution in [1.82, 2.24) is 0 Å². The molecule has 3 rings (SSSR count). The van der Waals surface area contributed by atoms with E-state index in [2.05, 4.69) is 0 Å². The van der Waals surface area contributed by atoms with E-state index in [0.29, 0.717) is 22.6 Å². The lowest BCUT2D eigenvalue weighted by Crippen LogP contribution is -2.55. The highest BCUT2D eigenvalue weighted by Gasteiger charge is 2.44. The van der Waals surface area contributed by atoms with E-state index in [-0.39, 0.29) is 5.75 Å². The number of halogens is 1. The SMILES string of the molecule is CC(C)(O)C(O)(O)Oc1ccc(Cc2cc(C3OC(CO)C(O)C(O)C3O)ccc2Cl)cc1. The van der Waals surface area contributed by atoms with Gasteiger partial charge < -0.3 is 45.2 Å². The number of hydrogen-bond acceptors (Lipinski definition) is 9. The molecule has 0 saturated carbocycles. The van der Waals surface area contributed by atoms with E-state index in [9.17, 15) is 35.7 Å². The van der Waals surface area contributed by atoms with Crippen LogP contribution in [0.15, 0.2) is 42.5 Å². The lowest BCUT2D eigenvalue weighted by Gasteiger charge is -2.40. The number of hydrogen-bond donors (Lipinski definition) is 7. The predicted molar refractivity (Wildman–Crippen MR) is 118 cm³/mol. The third kappa shape index (κ3) is 5.65. The van der Waals surface area contributed by atoms with Crippen LogP contribution in [0.25, 0.3) is 0 Å². The van der Waals surface area contributed by atoms with Gasteiger partial charge in [-0.25, -0.2) is 0 Å². The van der Waals surface area contributed by atoms with Crippen molar-refractivity contribution < 1.29 is 45.2 Å². The predicted octanol–water partition coefficient (Wildman–Crippen LogP) is 0.234. The number of rotatable bonds is 7. The average molecular weight is 485 g/mol. The minimum absolute atomic E-state index is 0.132. The Kier molecular flexibility index (Phi) is 7.69. The molecule has 0 radical (unpaired) electrons. The van der Waals surface area contributed by atoms with E-state index in [1.165, 1.54) is 26.0 Å². The zero-order valence-corrected chi connectivity index (χ0v) is 18.9. The Labute approximate surface area is 196 Å². The van der Waals surface area contributed by atoms with Crippen molar-refractivity contribution in [3.05, 3.63) is 64.2 Å². The van der Waals surface area contributed by atoms with Crippen molar-refractivity contribution in [2.75, 3.05) is 6.61 Å². The Morgan fingerprint density at radius 3 is 2.15 bits per heavy atom. The average Bonchev–Trinajstić information content (AvgIpc) is 2.74. The number of aliphatic hydroxyl groups is 7. The lowest BCUT2D eigenvalue weighted by molar-refractivity contribution is -0.365. The molecule has 2 aromatic carbocycles. The monoisotopic (exact) mass is 484 g/mol. The molecule has 0 aliphatic carbocycles. The van der Waals surface area contributed by atoms with Crippen LogP contribution in [0.5, 0.6) is 5.75 Å². The lowest BCUT2D eigenvalue weighted by atomic mass is 9.90. The molecule has 33 heavy (non-hydrogen) atoms. The summed E-state index contributed by atoms with van der Waals surface area (Å²) in [7, 11) is 0. The minimum atomic E-state index is -2.78. The molecule has 1 aliphatic heterocycles. The second kappa shape index (κ2) is 9.83. The van der Waals surface area contributed by atoms with Crippen LogP contribution >= 0.6 is 11.6 Å². The third-order valence-electron chi connectivity index (χ3n) is 5.67. The molecule has 9 nitrogen and oxygen atoms in total. The third-order valence-corrected chi connectivity index (χ3v) is 6.03. The van der Waals surface area contributed by atoms with Crippen molar-refractivity contribution in [2.24, 2.45) is 0 Å². The number of benzene rings is 2. The first kappa shape index (κ1) is 25.8. The molecule has 182 valence electrons. The Bertz CT molecular complexity index is 940. The van der Waals surface area contributed by atoms with Gasteiger partial charge in [0.15, 0.2) is 5.60 Å². The molecule has 0 amide bonds. The Hall–Kier alpha value is -1.79. The van der Waals surface area contributed by atoms with E-state index in [1.807, 2.05) is 0 Å². The van der Waals surface area contributed by atoms with Crippen LogP contribution < -0.4 is 4.74 Å². The first-order valence-corrected chi connectivity index (χ1v) is 10.8. The molecule has 2 aromatic rings. The van der Waals surface area contributed by atoms with Crippen LogP contribution in [-0.4, -0.2) is 78.3 Å². The summed E-state index contributed by atoms with van der Waals surface area (Å²) < 4.78 is 10.7. The zero-order chi connectivity index (χ0) is 24.6. The smallest absolute Gasteiger partial charge is 0.352 e. The fourth-order valence-corrected chi connectivity index (χ4v) is 3.65. The summed E-state index contributed by atoms with van der Waals surface area (Å²) in [5.74, 6) is -2.65. The van der Waals surface area contributed by atoms with Gasteiger partial charge in [-0.15, -0.1) is 0 Å². The van der Waals surface area contributed by atoms with Crippen LogP contribution in [0.2, 0.25) is 5.02 Å². The fourth-order valence-electron chi connectivity index (χ4n) is 3.47. The van der Waals surface area contributed by atoms with Crippen molar-refractivity contribution >= 4 is 11.6 Å². The molecule has 5 unspecified atom stereocenters. The second-order valence-electron chi connectivity index (χ2n) is 8.69. The zero-order valence-electron chi connectivity index (χ0n) is 18.2. The number of ether oxygens (including phenoxy) is 2. The molecule has 1 heterocycles. The maximum Gasteiger partial charge on any atom is 0.352 e. The van der Waals surface area contributed by atoms with E-state index in [0.717, 1.165) is 5.56 Å². The molecular formula is C23H29ClO9. The van der Waals surface area contributed by atoms with Gasteiger partial charge >= 0.3 is 5.97 Å². The van der Waals surface area contributed by atoms with Gasteiger partial charge in [0, 0.05) is 5.02 Å². The van der Waals surface area contributed by atoms with Crippen molar-refractivity contribution in [1.29, 1.82) is 0 Å². The van der Waals surface area contributed by atoms with Gasteiger partial charge in [-0.3, -0.25) is 0 Å². The van der Waals surface area contributed by atoms with E-state index >= 15 is 0 Å². The molecule has 1 aliphatic rings. The summed E-state index contributed by atoms with van der Waals surface area (Å²) in [5, 5.41) is 69.8. The molecular weight excluding hydrogens is 456 g/mol. The standard InChI is InChI=1S/C23H29ClO9/c1-22(2,29)23(30,31)33-15-6-3-12(4-7-15)9-14-10-13(5-8-16(14)24)21-20(28)19(27)18(26)17(11-25)32-21/h3-8,10,17-21,25-31H,9,11H2,1-2H3. The quantitative estimate of drug-likeness (QED) is 0.273. The van der Waals surface area contributed by atoms with Gasteiger partial charge in [0.2, 0.25) is 0 Å². The first-order valence-electron chi connectivity index (χ1n) is 10.4. The van der Waals surface area contributed by atoms with Gasteiger partial charge in [0.1, 0.15) is 36.3 Å². The van der Waals surface area contributed by atoms with Gasteiger partial charge in [-0.2, -0.15) is 0 Å². The summed E-state index contributed by atoms with van der Waals surface area (Å²) in [5.41, 5.74) is 0.0981. The second-order valence-corrected chi connectivity index (χ2v) is 9.10. The topological polar surface area (TPSA) is 160 Å². The molecule has 10 heteroatoms. The van der Waals surface area contributed by atoms with Gasteiger partial charge in [0.05, 0.1) is 6.61 Å². The molecule has 1 fully saturated rings. The molecule has 5 atom stereocenters. The van der Waals surface area contributed by atoms with Gasteiger partial charge in [-0.1, -0.05) is 35.9 Å². The van der Waals surface area contributed by atoms with Gasteiger partial charge in [-0.05, 0) is 55.2 Å². The summed E-state index contributed by atoms with van der Waals surface area (Å²) in [4.78, 5) is 0. The molecule has 0 aromatic heterocycles. The normalized spacial score (nSPS) is 26.3. The largest absolute Gasteiger partial charge is 0.437 e. The van der Waals surface area contributed by atoms with Crippen LogP contribution in [0.4, 0.5) is 0 Å². The molecule has 7 N–H and O–H groups in total. The maximum atomic E-state index is 10.4. The number of aliphatic hydroxyl groups excluding tert-OH is 4. The Morgan fingerprint density at radius 2 is 1.58 bits per heavy atom. The van der Waals surface area contributed by atoms with Crippen LogP contribution in [-0.2, 0) is 11.2 Å². The Balaban J connectivity index is 1.78. The van der Waals surface area contributed by atoms with E-state index in [1.54, 1.807) is 30.3 Å². The van der Waals surface area contributed by atoms with Gasteiger partial charge in [0.25, 0.3) is 0 Å². The van der Waals surface area contributed by atoms with Crippen LogP contribution in [0.1, 0.15) is 36.6 Å². The first-order chi connectivity index (χ1) is 15.3.